The van der Waals surface area contributed by atoms with Gasteiger partial charge in [-0.2, -0.15) is 4.80 Å². The van der Waals surface area contributed by atoms with Crippen LogP contribution in [0.4, 0.5) is 4.39 Å². The van der Waals surface area contributed by atoms with Crippen molar-refractivity contribution >= 4 is 11.8 Å². The highest BCUT2D eigenvalue weighted by atomic mass is 19.1. The molecule has 11 nitrogen and oxygen atoms in total. The number of aromatic nitrogens is 5. The van der Waals surface area contributed by atoms with Crippen LogP contribution < -0.4 is 15.4 Å². The van der Waals surface area contributed by atoms with E-state index in [-0.39, 0.29) is 41.8 Å². The van der Waals surface area contributed by atoms with Crippen molar-refractivity contribution in [1.82, 2.24) is 35.8 Å². The molecule has 0 saturated heterocycles. The standard InChI is InChI=1S/C25H30FN7O4/c1-15-8-18(11-21(28-15)25(36)27-12-16-6-7-20(26)22(10-16)37-2)24-30-32-33(31-24)13-17-4-3-5-19(9-17)29-23(35)14-34/h6-8,10-11,17,19,34H,3-5,9,12-14H2,1-2H3,(H,27,36)(H,29,35)/t17-,19?/m0/s1. The number of nitrogens with zero attached hydrogens (tertiary/aromatic N) is 5. The highest BCUT2D eigenvalue weighted by molar-refractivity contribution is 5.93. The summed E-state index contributed by atoms with van der Waals surface area (Å²) in [4.78, 5) is 30.2. The van der Waals surface area contributed by atoms with E-state index >= 15 is 0 Å². The first kappa shape index (κ1) is 26.1. The molecule has 196 valence electrons. The van der Waals surface area contributed by atoms with Gasteiger partial charge in [-0.15, -0.1) is 10.2 Å². The number of halogens is 1. The van der Waals surface area contributed by atoms with E-state index < -0.39 is 12.4 Å². The third kappa shape index (κ3) is 6.85. The number of rotatable bonds is 9. The Hall–Kier alpha value is -3.93. The summed E-state index contributed by atoms with van der Waals surface area (Å²) in [6.45, 7) is 1.99. The molecule has 2 aromatic heterocycles. The van der Waals surface area contributed by atoms with Crippen molar-refractivity contribution < 1.29 is 23.8 Å². The molecular formula is C25H30FN7O4. The molecule has 0 bridgehead atoms. The van der Waals surface area contributed by atoms with Crippen molar-refractivity contribution in [1.29, 1.82) is 0 Å². The predicted molar refractivity (Wildman–Crippen MR) is 131 cm³/mol. The molecule has 12 heteroatoms. The van der Waals surface area contributed by atoms with Crippen LogP contribution in [0.25, 0.3) is 11.4 Å². The van der Waals surface area contributed by atoms with Gasteiger partial charge in [0.1, 0.15) is 12.3 Å². The monoisotopic (exact) mass is 511 g/mol. The predicted octanol–water partition coefficient (Wildman–Crippen LogP) is 1.79. The van der Waals surface area contributed by atoms with Gasteiger partial charge in [-0.25, -0.2) is 9.37 Å². The topological polar surface area (TPSA) is 144 Å². The van der Waals surface area contributed by atoms with Gasteiger partial charge in [0.2, 0.25) is 11.7 Å². The third-order valence-electron chi connectivity index (χ3n) is 6.28. The SMILES string of the molecule is COc1cc(CNC(=O)c2cc(-c3nnn(C[C@H]4CCCC(NC(=O)CO)C4)n3)cc(C)n2)ccc1F. The lowest BCUT2D eigenvalue weighted by atomic mass is 9.85. The first-order valence-electron chi connectivity index (χ1n) is 12.1. The number of pyridine rings is 1. The fraction of sp³-hybridized carbons (Fsp3) is 0.440. The molecule has 2 heterocycles. The lowest BCUT2D eigenvalue weighted by Crippen LogP contribution is -2.40. The van der Waals surface area contributed by atoms with Crippen molar-refractivity contribution in [3.8, 4) is 17.1 Å². The minimum atomic E-state index is -0.512. The molecule has 1 saturated carbocycles. The molecule has 0 radical (unpaired) electrons. The van der Waals surface area contributed by atoms with Gasteiger partial charge in [0.25, 0.3) is 5.91 Å². The number of benzene rings is 1. The maximum Gasteiger partial charge on any atom is 0.270 e. The number of tetrazole rings is 1. The van der Waals surface area contributed by atoms with E-state index in [2.05, 4.69) is 31.0 Å². The van der Waals surface area contributed by atoms with E-state index in [1.165, 1.54) is 24.0 Å². The first-order chi connectivity index (χ1) is 17.8. The molecule has 1 aromatic carbocycles. The maximum atomic E-state index is 13.6. The molecule has 3 aromatic rings. The van der Waals surface area contributed by atoms with Gasteiger partial charge in [0.15, 0.2) is 11.6 Å². The van der Waals surface area contributed by atoms with E-state index in [9.17, 15) is 14.0 Å². The number of carbonyl (C=O) groups excluding carboxylic acids is 2. The second-order valence-electron chi connectivity index (χ2n) is 9.16. The van der Waals surface area contributed by atoms with Crippen LogP contribution in [0.5, 0.6) is 5.75 Å². The number of amides is 2. The second kappa shape index (κ2) is 11.9. The van der Waals surface area contributed by atoms with Crippen LogP contribution in [0, 0.1) is 18.7 Å². The number of aliphatic hydroxyl groups is 1. The second-order valence-corrected chi connectivity index (χ2v) is 9.16. The molecule has 1 unspecified atom stereocenters. The lowest BCUT2D eigenvalue weighted by Gasteiger charge is -2.29. The van der Waals surface area contributed by atoms with Gasteiger partial charge in [-0.3, -0.25) is 9.59 Å². The van der Waals surface area contributed by atoms with Crippen LogP contribution in [0.3, 0.4) is 0 Å². The first-order valence-corrected chi connectivity index (χ1v) is 12.1. The number of carbonyl (C=O) groups is 2. The van der Waals surface area contributed by atoms with Gasteiger partial charge in [-0.1, -0.05) is 12.5 Å². The van der Waals surface area contributed by atoms with E-state index in [4.69, 9.17) is 9.84 Å². The van der Waals surface area contributed by atoms with Gasteiger partial charge in [0, 0.05) is 23.8 Å². The zero-order valence-electron chi connectivity index (χ0n) is 20.8. The fourth-order valence-electron chi connectivity index (χ4n) is 4.53. The smallest absolute Gasteiger partial charge is 0.270 e. The van der Waals surface area contributed by atoms with E-state index in [1.807, 2.05) is 0 Å². The van der Waals surface area contributed by atoms with Crippen LogP contribution in [0.2, 0.25) is 0 Å². The Bertz CT molecular complexity index is 1270. The largest absolute Gasteiger partial charge is 0.494 e. The molecule has 1 aliphatic rings. The summed E-state index contributed by atoms with van der Waals surface area (Å²) in [6.07, 6.45) is 3.62. The number of hydrogen-bond acceptors (Lipinski definition) is 8. The zero-order chi connectivity index (χ0) is 26.4. The Labute approximate surface area is 213 Å². The molecule has 0 aliphatic heterocycles. The van der Waals surface area contributed by atoms with Crippen molar-refractivity contribution in [3.63, 3.8) is 0 Å². The number of hydrogen-bond donors (Lipinski definition) is 3. The molecule has 2 amide bonds. The summed E-state index contributed by atoms with van der Waals surface area (Å²) >= 11 is 0. The maximum absolute atomic E-state index is 13.6. The summed E-state index contributed by atoms with van der Waals surface area (Å²) in [5, 5.41) is 27.4. The van der Waals surface area contributed by atoms with Gasteiger partial charge in [-0.05, 0) is 67.1 Å². The number of aryl methyl sites for hydroxylation is 1. The highest BCUT2D eigenvalue weighted by Crippen LogP contribution is 2.26. The number of aliphatic hydroxyl groups excluding tert-OH is 1. The van der Waals surface area contributed by atoms with Crippen molar-refractivity contribution in [3.05, 3.63) is 53.1 Å². The van der Waals surface area contributed by atoms with Crippen LogP contribution in [0.15, 0.2) is 30.3 Å². The summed E-state index contributed by atoms with van der Waals surface area (Å²) < 4.78 is 18.6. The summed E-state index contributed by atoms with van der Waals surface area (Å²) in [7, 11) is 1.38. The number of methoxy groups -OCH3 is 1. The quantitative estimate of drug-likeness (QED) is 0.394. The number of ether oxygens (including phenoxy) is 1. The molecule has 1 fully saturated rings. The molecule has 2 atom stereocenters. The van der Waals surface area contributed by atoms with Crippen LogP contribution in [0.1, 0.15) is 47.4 Å². The molecule has 3 N–H and O–H groups in total. The van der Waals surface area contributed by atoms with Crippen LogP contribution in [-0.2, 0) is 17.9 Å². The Morgan fingerprint density at radius 2 is 2.08 bits per heavy atom. The van der Waals surface area contributed by atoms with Crippen LogP contribution >= 0.6 is 0 Å². The molecule has 1 aliphatic carbocycles. The van der Waals surface area contributed by atoms with Crippen LogP contribution in [-0.4, -0.2) is 61.9 Å². The van der Waals surface area contributed by atoms with Crippen molar-refractivity contribution in [2.75, 3.05) is 13.7 Å². The summed E-state index contributed by atoms with van der Waals surface area (Å²) in [5.74, 6) is -0.472. The average molecular weight is 512 g/mol. The number of nitrogens with one attached hydrogen (secondary N) is 2. The van der Waals surface area contributed by atoms with Gasteiger partial charge < -0.3 is 20.5 Å². The van der Waals surface area contributed by atoms with Crippen molar-refractivity contribution in [2.45, 2.75) is 51.7 Å². The Kier molecular flexibility index (Phi) is 8.39. The minimum absolute atomic E-state index is 0.0290. The molecular weight excluding hydrogens is 481 g/mol. The molecule has 0 spiro atoms. The summed E-state index contributed by atoms with van der Waals surface area (Å²) in [6, 6.07) is 7.81. The Balaban J connectivity index is 1.40. The zero-order valence-corrected chi connectivity index (χ0v) is 20.8. The Morgan fingerprint density at radius 3 is 2.86 bits per heavy atom. The normalized spacial score (nSPS) is 17.3. The summed E-state index contributed by atoms with van der Waals surface area (Å²) in [5.41, 5.74) is 2.13. The highest BCUT2D eigenvalue weighted by Gasteiger charge is 2.24. The average Bonchev–Trinajstić information content (AvgIpc) is 3.36. The minimum Gasteiger partial charge on any atom is -0.494 e. The van der Waals surface area contributed by atoms with E-state index in [0.717, 1.165) is 25.7 Å². The van der Waals surface area contributed by atoms with Gasteiger partial charge >= 0.3 is 0 Å². The Morgan fingerprint density at radius 1 is 1.24 bits per heavy atom. The van der Waals surface area contributed by atoms with E-state index in [1.54, 1.807) is 25.1 Å². The van der Waals surface area contributed by atoms with Gasteiger partial charge in [0.05, 0.1) is 13.7 Å². The van der Waals surface area contributed by atoms with Crippen molar-refractivity contribution in [2.24, 2.45) is 5.92 Å². The van der Waals surface area contributed by atoms with E-state index in [0.29, 0.717) is 29.2 Å². The lowest BCUT2D eigenvalue weighted by molar-refractivity contribution is -0.124. The fourth-order valence-corrected chi connectivity index (χ4v) is 4.53. The third-order valence-corrected chi connectivity index (χ3v) is 6.28. The molecule has 37 heavy (non-hydrogen) atoms. The molecule has 4 rings (SSSR count).